The second-order valence-electron chi connectivity index (χ2n) is 9.29. The first-order valence-corrected chi connectivity index (χ1v) is 13.5. The molecule has 0 radical (unpaired) electrons. The van der Waals surface area contributed by atoms with Crippen LogP contribution in [0.4, 0.5) is 17.5 Å². The predicted molar refractivity (Wildman–Crippen MR) is 162 cm³/mol. The van der Waals surface area contributed by atoms with Crippen LogP contribution in [0.5, 0.6) is 11.5 Å². The minimum Gasteiger partial charge on any atom is -0.495 e. The molecule has 8 heteroatoms. The molecule has 0 unspecified atom stereocenters. The molecule has 40 heavy (non-hydrogen) atoms. The van der Waals surface area contributed by atoms with Crippen LogP contribution >= 0.6 is 0 Å². The van der Waals surface area contributed by atoms with Gasteiger partial charge in [-0.3, -0.25) is 4.98 Å². The summed E-state index contributed by atoms with van der Waals surface area (Å²) in [4.78, 5) is 16.2. The van der Waals surface area contributed by atoms with E-state index in [1.807, 2.05) is 72.8 Å². The molecule has 5 rings (SSSR count). The maximum atomic E-state index is 6.28. The van der Waals surface area contributed by atoms with Crippen molar-refractivity contribution in [3.63, 3.8) is 0 Å². The Hall–Kier alpha value is -4.69. The van der Waals surface area contributed by atoms with Gasteiger partial charge >= 0.3 is 0 Å². The minimum absolute atomic E-state index is 0.165. The lowest BCUT2D eigenvalue weighted by molar-refractivity contribution is 0.223. The molecule has 0 aliphatic carbocycles. The van der Waals surface area contributed by atoms with E-state index < -0.39 is 0 Å². The summed E-state index contributed by atoms with van der Waals surface area (Å²) in [5.74, 6) is 2.25. The Kier molecular flexibility index (Phi) is 8.37. The molecular formula is C32H34N6O2. The highest BCUT2D eigenvalue weighted by atomic mass is 16.5. The van der Waals surface area contributed by atoms with Crippen molar-refractivity contribution in [3.05, 3.63) is 85.1 Å². The largest absolute Gasteiger partial charge is 0.495 e. The number of aromatic nitrogens is 3. The number of anilines is 3. The Morgan fingerprint density at radius 2 is 1.65 bits per heavy atom. The van der Waals surface area contributed by atoms with Gasteiger partial charge in [0, 0.05) is 23.7 Å². The number of fused-ring (bicyclic) bond motifs is 1. The number of methoxy groups -OCH3 is 1. The van der Waals surface area contributed by atoms with Gasteiger partial charge in [-0.2, -0.15) is 4.98 Å². The van der Waals surface area contributed by atoms with Crippen molar-refractivity contribution in [1.29, 1.82) is 0 Å². The fraction of sp³-hybridized carbons (Fsp3) is 0.219. The molecule has 0 aliphatic heterocycles. The summed E-state index contributed by atoms with van der Waals surface area (Å²) in [5, 5.41) is 4.47. The van der Waals surface area contributed by atoms with E-state index in [0.717, 1.165) is 58.7 Å². The van der Waals surface area contributed by atoms with Crippen LogP contribution in [-0.4, -0.2) is 53.2 Å². The third kappa shape index (κ3) is 5.97. The van der Waals surface area contributed by atoms with Crippen LogP contribution < -0.4 is 20.5 Å². The van der Waals surface area contributed by atoms with E-state index in [0.29, 0.717) is 23.9 Å². The van der Waals surface area contributed by atoms with E-state index in [9.17, 15) is 0 Å². The van der Waals surface area contributed by atoms with E-state index in [1.54, 1.807) is 13.3 Å². The van der Waals surface area contributed by atoms with Crippen molar-refractivity contribution < 1.29 is 9.47 Å². The molecule has 0 saturated heterocycles. The molecule has 3 aromatic carbocycles. The number of pyridine rings is 1. The summed E-state index contributed by atoms with van der Waals surface area (Å²) in [7, 11) is 1.64. The van der Waals surface area contributed by atoms with E-state index in [4.69, 9.17) is 20.2 Å². The van der Waals surface area contributed by atoms with E-state index >= 15 is 0 Å². The number of benzene rings is 3. The quantitative estimate of drug-likeness (QED) is 0.200. The van der Waals surface area contributed by atoms with Crippen molar-refractivity contribution in [2.45, 2.75) is 13.8 Å². The van der Waals surface area contributed by atoms with Gasteiger partial charge in [0.05, 0.1) is 29.6 Å². The molecule has 0 bridgehead atoms. The highest BCUT2D eigenvalue weighted by molar-refractivity contribution is 5.94. The first-order chi connectivity index (χ1) is 19.6. The summed E-state index contributed by atoms with van der Waals surface area (Å²) in [6.45, 7) is 7.85. The predicted octanol–water partition coefficient (Wildman–Crippen LogP) is 6.41. The first-order valence-electron chi connectivity index (χ1n) is 13.5. The minimum atomic E-state index is 0.165. The number of likely N-dealkylation sites (N-methyl/N-ethyl adjacent to an activating group) is 1. The molecule has 0 saturated carbocycles. The van der Waals surface area contributed by atoms with E-state index in [2.05, 4.69) is 40.1 Å². The van der Waals surface area contributed by atoms with Crippen LogP contribution in [-0.2, 0) is 0 Å². The van der Waals surface area contributed by atoms with Gasteiger partial charge in [-0.25, -0.2) is 4.98 Å². The number of hydrogen-bond acceptors (Lipinski definition) is 8. The van der Waals surface area contributed by atoms with Crippen molar-refractivity contribution in [3.8, 4) is 33.9 Å². The zero-order chi connectivity index (χ0) is 27.9. The van der Waals surface area contributed by atoms with Crippen LogP contribution in [0, 0.1) is 0 Å². The van der Waals surface area contributed by atoms with Crippen LogP contribution in [0.25, 0.3) is 33.3 Å². The van der Waals surface area contributed by atoms with Crippen LogP contribution in [0.2, 0.25) is 0 Å². The van der Waals surface area contributed by atoms with Gasteiger partial charge in [0.25, 0.3) is 0 Å². The fourth-order valence-corrected chi connectivity index (χ4v) is 4.70. The van der Waals surface area contributed by atoms with Crippen LogP contribution in [0.3, 0.4) is 0 Å². The van der Waals surface area contributed by atoms with Gasteiger partial charge in [-0.1, -0.05) is 38.1 Å². The SMILES string of the molecule is CCN(CC)CCOc1ccc(-c2nc(N)nc(Nc3ccccc3OC)c2-c2ccc3ncccc3c2)cc1. The highest BCUT2D eigenvalue weighted by Crippen LogP contribution is 2.40. The molecule has 2 heterocycles. The number of nitrogens with one attached hydrogen (secondary N) is 1. The number of nitrogens with two attached hydrogens (primary N) is 1. The topological polar surface area (TPSA) is 98.4 Å². The van der Waals surface area contributed by atoms with Gasteiger partial charge in [-0.15, -0.1) is 0 Å². The third-order valence-corrected chi connectivity index (χ3v) is 6.88. The number of para-hydroxylation sites is 2. The fourth-order valence-electron chi connectivity index (χ4n) is 4.70. The molecule has 0 fully saturated rings. The Balaban J connectivity index is 1.57. The Bertz CT molecular complexity index is 1590. The standard InChI is InChI=1S/C32H34N6O2/c1-4-38(5-2)19-20-40-25-15-12-22(13-16-25)30-29(24-14-17-26-23(21-24)9-8-18-34-26)31(37-32(33)36-30)35-27-10-6-7-11-28(27)39-3/h6-18,21H,4-5,19-20H2,1-3H3,(H3,33,35,36,37). The normalized spacial score (nSPS) is 11.1. The molecular weight excluding hydrogens is 500 g/mol. The lowest BCUT2D eigenvalue weighted by Crippen LogP contribution is -2.27. The van der Waals surface area contributed by atoms with Gasteiger partial charge in [0.15, 0.2) is 0 Å². The second kappa shape index (κ2) is 12.4. The Morgan fingerprint density at radius 3 is 2.42 bits per heavy atom. The number of ether oxygens (including phenoxy) is 2. The number of rotatable bonds is 11. The third-order valence-electron chi connectivity index (χ3n) is 6.88. The van der Waals surface area contributed by atoms with E-state index in [1.165, 1.54) is 0 Å². The zero-order valence-electron chi connectivity index (χ0n) is 23.1. The maximum absolute atomic E-state index is 6.28. The van der Waals surface area contributed by atoms with Crippen molar-refractivity contribution >= 4 is 28.4 Å². The molecule has 3 N–H and O–H groups in total. The highest BCUT2D eigenvalue weighted by Gasteiger charge is 2.19. The lowest BCUT2D eigenvalue weighted by Gasteiger charge is -2.19. The summed E-state index contributed by atoms with van der Waals surface area (Å²) >= 11 is 0. The van der Waals surface area contributed by atoms with Crippen molar-refractivity contribution in [2.24, 2.45) is 0 Å². The molecule has 2 aromatic heterocycles. The smallest absolute Gasteiger partial charge is 0.222 e. The zero-order valence-corrected chi connectivity index (χ0v) is 23.1. The molecule has 204 valence electrons. The molecule has 0 amide bonds. The van der Waals surface area contributed by atoms with E-state index in [-0.39, 0.29) is 5.95 Å². The molecule has 0 atom stereocenters. The van der Waals surface area contributed by atoms with Gasteiger partial charge in [0.2, 0.25) is 5.95 Å². The lowest BCUT2D eigenvalue weighted by atomic mass is 9.98. The average Bonchev–Trinajstić information content (AvgIpc) is 2.99. The van der Waals surface area contributed by atoms with Crippen molar-refractivity contribution in [2.75, 3.05) is 44.4 Å². The number of hydrogen-bond donors (Lipinski definition) is 2. The molecule has 5 aromatic rings. The second-order valence-corrected chi connectivity index (χ2v) is 9.29. The average molecular weight is 535 g/mol. The number of nitrogens with zero attached hydrogens (tertiary/aromatic N) is 4. The summed E-state index contributed by atoms with van der Waals surface area (Å²) in [5.41, 5.74) is 11.3. The Morgan fingerprint density at radius 1 is 0.875 bits per heavy atom. The summed E-state index contributed by atoms with van der Waals surface area (Å²) in [6, 6.07) is 25.8. The molecule has 8 nitrogen and oxygen atoms in total. The summed E-state index contributed by atoms with van der Waals surface area (Å²) < 4.78 is 11.6. The van der Waals surface area contributed by atoms with Gasteiger partial charge in [-0.05, 0) is 73.3 Å². The molecule has 0 spiro atoms. The van der Waals surface area contributed by atoms with Gasteiger partial charge < -0.3 is 25.4 Å². The molecule has 0 aliphatic rings. The van der Waals surface area contributed by atoms with Gasteiger partial charge in [0.1, 0.15) is 23.9 Å². The van der Waals surface area contributed by atoms with Crippen LogP contribution in [0.15, 0.2) is 85.1 Å². The van der Waals surface area contributed by atoms with Crippen LogP contribution in [0.1, 0.15) is 13.8 Å². The monoisotopic (exact) mass is 534 g/mol. The summed E-state index contributed by atoms with van der Waals surface area (Å²) in [6.07, 6.45) is 1.79. The maximum Gasteiger partial charge on any atom is 0.222 e. The Labute approximate surface area is 234 Å². The first kappa shape index (κ1) is 26.9. The number of nitrogen functional groups attached to an aromatic ring is 1. The van der Waals surface area contributed by atoms with Crippen molar-refractivity contribution in [1.82, 2.24) is 19.9 Å².